The summed E-state index contributed by atoms with van der Waals surface area (Å²) in [6.45, 7) is 2.37. The van der Waals surface area contributed by atoms with E-state index in [1.54, 1.807) is 23.0 Å². The van der Waals surface area contributed by atoms with Crippen molar-refractivity contribution in [1.29, 1.82) is 0 Å². The quantitative estimate of drug-likeness (QED) is 0.317. The molecule has 0 N–H and O–H groups in total. The second-order valence-electron chi connectivity index (χ2n) is 6.20. The Morgan fingerprint density at radius 1 is 1.11 bits per heavy atom. The number of rotatable bonds is 5. The van der Waals surface area contributed by atoms with E-state index >= 15 is 0 Å². The Labute approximate surface area is 165 Å². The molecule has 9 nitrogen and oxygen atoms in total. The summed E-state index contributed by atoms with van der Waals surface area (Å²) in [5, 5.41) is 28.2. The van der Waals surface area contributed by atoms with E-state index in [4.69, 9.17) is 0 Å². The molecule has 2 aromatic heterocycles. The van der Waals surface area contributed by atoms with E-state index in [0.717, 1.165) is 16.8 Å². The highest BCUT2D eigenvalue weighted by Crippen LogP contribution is 2.25. The SMILES string of the molecule is Cc1ccc(-n2ncc(-c3nnn(Cc4ccc([N+](=O)[O-])cc4)n3)c2S)cc1. The number of nitro groups is 1. The molecule has 0 radical (unpaired) electrons. The summed E-state index contributed by atoms with van der Waals surface area (Å²) in [5.74, 6) is 0.408. The number of nitro benzene ring substituents is 1. The van der Waals surface area contributed by atoms with Crippen LogP contribution in [0.3, 0.4) is 0 Å². The Balaban J connectivity index is 1.56. The van der Waals surface area contributed by atoms with Crippen molar-refractivity contribution in [2.75, 3.05) is 0 Å². The molecule has 0 saturated carbocycles. The Kier molecular flexibility index (Phi) is 4.62. The third-order valence-electron chi connectivity index (χ3n) is 4.19. The number of benzene rings is 2. The molecule has 2 aromatic carbocycles. The molecule has 0 saturated heterocycles. The van der Waals surface area contributed by atoms with E-state index in [9.17, 15) is 10.1 Å². The Hall–Kier alpha value is -3.53. The number of aromatic nitrogens is 6. The smallest absolute Gasteiger partial charge is 0.258 e. The first-order valence-electron chi connectivity index (χ1n) is 8.37. The maximum atomic E-state index is 10.7. The lowest BCUT2D eigenvalue weighted by Crippen LogP contribution is -2.04. The van der Waals surface area contributed by atoms with Gasteiger partial charge in [-0.2, -0.15) is 9.90 Å². The third kappa shape index (κ3) is 3.49. The normalized spacial score (nSPS) is 10.9. The standard InChI is InChI=1S/C18H15N7O2S/c1-12-2-6-14(7-3-12)24-18(28)16(10-19-24)17-20-22-23(21-17)11-13-4-8-15(9-5-13)25(26)27/h2-10,28H,11H2,1H3. The zero-order valence-corrected chi connectivity index (χ0v) is 15.7. The number of nitrogens with zero attached hydrogens (tertiary/aromatic N) is 7. The van der Waals surface area contributed by atoms with Crippen LogP contribution in [0.25, 0.3) is 17.1 Å². The van der Waals surface area contributed by atoms with Gasteiger partial charge in [-0.25, -0.2) is 4.68 Å². The largest absolute Gasteiger partial charge is 0.269 e. The molecule has 140 valence electrons. The third-order valence-corrected chi connectivity index (χ3v) is 4.62. The Bertz CT molecular complexity index is 1130. The molecule has 0 unspecified atom stereocenters. The molecule has 10 heteroatoms. The average molecular weight is 393 g/mol. The molecule has 2 heterocycles. The van der Waals surface area contributed by atoms with Gasteiger partial charge in [0.1, 0.15) is 5.03 Å². The first-order chi connectivity index (χ1) is 13.5. The van der Waals surface area contributed by atoms with Crippen molar-refractivity contribution < 1.29 is 4.92 Å². The first-order valence-corrected chi connectivity index (χ1v) is 8.81. The van der Waals surface area contributed by atoms with Crippen molar-refractivity contribution in [1.82, 2.24) is 30.0 Å². The van der Waals surface area contributed by atoms with Gasteiger partial charge in [0.05, 0.1) is 28.9 Å². The molecule has 0 atom stereocenters. The number of non-ortho nitro benzene ring substituents is 1. The number of thiol groups is 1. The lowest BCUT2D eigenvalue weighted by atomic mass is 10.2. The fraction of sp³-hybridized carbons (Fsp3) is 0.111. The van der Waals surface area contributed by atoms with E-state index in [-0.39, 0.29) is 5.69 Å². The maximum Gasteiger partial charge on any atom is 0.269 e. The van der Waals surface area contributed by atoms with Crippen LogP contribution >= 0.6 is 12.6 Å². The summed E-state index contributed by atoms with van der Waals surface area (Å²) in [6.07, 6.45) is 1.65. The van der Waals surface area contributed by atoms with Crippen LogP contribution in [0.2, 0.25) is 0 Å². The predicted molar refractivity (Wildman–Crippen MR) is 105 cm³/mol. The Morgan fingerprint density at radius 2 is 1.82 bits per heavy atom. The highest BCUT2D eigenvalue weighted by molar-refractivity contribution is 7.80. The van der Waals surface area contributed by atoms with Crippen molar-refractivity contribution in [2.45, 2.75) is 18.5 Å². The molecule has 0 bridgehead atoms. The highest BCUT2D eigenvalue weighted by Gasteiger charge is 2.16. The molecular weight excluding hydrogens is 378 g/mol. The minimum atomic E-state index is -0.435. The maximum absolute atomic E-state index is 10.7. The molecule has 4 aromatic rings. The summed E-state index contributed by atoms with van der Waals surface area (Å²) < 4.78 is 1.70. The summed E-state index contributed by atoms with van der Waals surface area (Å²) in [5.41, 5.74) is 3.59. The highest BCUT2D eigenvalue weighted by atomic mass is 32.1. The van der Waals surface area contributed by atoms with Crippen LogP contribution in [0.15, 0.2) is 59.8 Å². The number of tetrazole rings is 1. The van der Waals surface area contributed by atoms with Gasteiger partial charge in [0.15, 0.2) is 0 Å². The molecular formula is C18H15N7O2S. The van der Waals surface area contributed by atoms with Gasteiger partial charge < -0.3 is 0 Å². The van der Waals surface area contributed by atoms with E-state index in [1.165, 1.54) is 16.9 Å². The fourth-order valence-electron chi connectivity index (χ4n) is 2.68. The van der Waals surface area contributed by atoms with Gasteiger partial charge in [-0.1, -0.05) is 29.8 Å². The first kappa shape index (κ1) is 17.9. The second kappa shape index (κ2) is 7.24. The molecule has 28 heavy (non-hydrogen) atoms. The van der Waals surface area contributed by atoms with Gasteiger partial charge in [0.2, 0.25) is 5.82 Å². The number of aryl methyl sites for hydroxylation is 1. The lowest BCUT2D eigenvalue weighted by Gasteiger charge is -2.04. The second-order valence-corrected chi connectivity index (χ2v) is 6.62. The Morgan fingerprint density at radius 3 is 2.50 bits per heavy atom. The molecule has 0 amide bonds. The molecule has 0 aliphatic carbocycles. The zero-order chi connectivity index (χ0) is 19.7. The van der Waals surface area contributed by atoms with Crippen molar-refractivity contribution in [3.8, 4) is 17.1 Å². The molecule has 0 aliphatic rings. The van der Waals surface area contributed by atoms with Gasteiger partial charge >= 0.3 is 0 Å². The summed E-state index contributed by atoms with van der Waals surface area (Å²) in [7, 11) is 0. The van der Waals surface area contributed by atoms with Gasteiger partial charge in [-0.05, 0) is 29.8 Å². The number of hydrogen-bond acceptors (Lipinski definition) is 7. The summed E-state index contributed by atoms with van der Waals surface area (Å²) >= 11 is 4.57. The van der Waals surface area contributed by atoms with Crippen molar-refractivity contribution in [3.63, 3.8) is 0 Å². The van der Waals surface area contributed by atoms with Crippen LogP contribution in [-0.2, 0) is 6.54 Å². The van der Waals surface area contributed by atoms with Crippen molar-refractivity contribution in [3.05, 3.63) is 76.0 Å². The van der Waals surface area contributed by atoms with Crippen LogP contribution in [0, 0.1) is 17.0 Å². The van der Waals surface area contributed by atoms with Gasteiger partial charge in [0, 0.05) is 12.1 Å². The summed E-state index contributed by atoms with van der Waals surface area (Å²) in [6, 6.07) is 14.2. The molecule has 0 aliphatic heterocycles. The fourth-order valence-corrected chi connectivity index (χ4v) is 3.00. The van der Waals surface area contributed by atoms with E-state index < -0.39 is 4.92 Å². The monoisotopic (exact) mass is 393 g/mol. The predicted octanol–water partition coefficient (Wildman–Crippen LogP) is 3.08. The number of hydrogen-bond donors (Lipinski definition) is 1. The average Bonchev–Trinajstić information content (AvgIpc) is 3.29. The summed E-state index contributed by atoms with van der Waals surface area (Å²) in [4.78, 5) is 11.7. The topological polar surface area (TPSA) is 105 Å². The van der Waals surface area contributed by atoms with Crippen LogP contribution in [-0.4, -0.2) is 34.9 Å². The molecule has 4 rings (SSSR count). The minimum Gasteiger partial charge on any atom is -0.258 e. The van der Waals surface area contributed by atoms with Gasteiger partial charge in [-0.15, -0.1) is 22.8 Å². The van der Waals surface area contributed by atoms with Crippen LogP contribution < -0.4 is 0 Å². The molecule has 0 spiro atoms. The zero-order valence-electron chi connectivity index (χ0n) is 14.8. The van der Waals surface area contributed by atoms with E-state index in [1.807, 2.05) is 31.2 Å². The van der Waals surface area contributed by atoms with Crippen LogP contribution in [0.4, 0.5) is 5.69 Å². The van der Waals surface area contributed by atoms with Crippen molar-refractivity contribution >= 4 is 18.3 Å². The van der Waals surface area contributed by atoms with Crippen LogP contribution in [0.5, 0.6) is 0 Å². The molecule has 0 fully saturated rings. The lowest BCUT2D eigenvalue weighted by molar-refractivity contribution is -0.384. The minimum absolute atomic E-state index is 0.0409. The van der Waals surface area contributed by atoms with Gasteiger partial charge in [-0.3, -0.25) is 10.1 Å². The van der Waals surface area contributed by atoms with E-state index in [2.05, 4.69) is 33.1 Å². The van der Waals surface area contributed by atoms with Crippen molar-refractivity contribution in [2.24, 2.45) is 0 Å². The van der Waals surface area contributed by atoms with Crippen LogP contribution in [0.1, 0.15) is 11.1 Å². The van der Waals surface area contributed by atoms with E-state index in [0.29, 0.717) is 23.0 Å². The van der Waals surface area contributed by atoms with Gasteiger partial charge in [0.25, 0.3) is 5.69 Å².